The third kappa shape index (κ3) is 4.92. The maximum absolute atomic E-state index is 12.3. The fraction of sp³-hybridized carbons (Fsp3) is 0.167. The molecule has 4 rings (SSSR count). The lowest BCUT2D eigenvalue weighted by atomic mass is 10.1. The first kappa shape index (κ1) is 21.0. The molecule has 0 aliphatic heterocycles. The molecule has 4 aromatic rings. The number of carbonyl (C=O) groups excluding carboxylic acids is 1. The second-order valence-electron chi connectivity index (χ2n) is 7.21. The van der Waals surface area contributed by atoms with Gasteiger partial charge in [0, 0.05) is 17.4 Å². The quantitative estimate of drug-likeness (QED) is 0.472. The number of nitrogens with one attached hydrogen (secondary N) is 1. The molecule has 0 aliphatic carbocycles. The first-order valence-corrected chi connectivity index (χ1v) is 10.1. The zero-order valence-electron chi connectivity index (χ0n) is 18.1. The normalized spacial score (nSPS) is 10.6. The molecule has 0 aliphatic rings. The van der Waals surface area contributed by atoms with Crippen LogP contribution in [0, 0.1) is 13.8 Å². The van der Waals surface area contributed by atoms with Crippen LogP contribution in [0.3, 0.4) is 0 Å². The van der Waals surface area contributed by atoms with Crippen molar-refractivity contribution in [3.8, 4) is 23.2 Å². The number of nitrogens with zero attached hydrogens (tertiary/aromatic N) is 4. The average molecular weight is 429 g/mol. The van der Waals surface area contributed by atoms with Crippen molar-refractivity contribution in [1.29, 1.82) is 0 Å². The van der Waals surface area contributed by atoms with Crippen LogP contribution in [0.25, 0.3) is 5.82 Å². The van der Waals surface area contributed by atoms with Crippen molar-refractivity contribution in [2.75, 3.05) is 12.4 Å². The van der Waals surface area contributed by atoms with Crippen molar-refractivity contribution in [3.63, 3.8) is 0 Å². The third-order valence-corrected chi connectivity index (χ3v) is 5.01. The summed E-state index contributed by atoms with van der Waals surface area (Å²) in [4.78, 5) is 16.6. The summed E-state index contributed by atoms with van der Waals surface area (Å²) in [6.45, 7) is 3.92. The summed E-state index contributed by atoms with van der Waals surface area (Å²) in [6.07, 6.45) is 2.00. The molecule has 2 aromatic carbocycles. The molecule has 8 heteroatoms. The number of ether oxygens (including phenoxy) is 2. The molecule has 1 N–H and O–H groups in total. The molecule has 0 atom stereocenters. The molecule has 1 amide bonds. The van der Waals surface area contributed by atoms with E-state index in [1.165, 1.54) is 0 Å². The van der Waals surface area contributed by atoms with Gasteiger partial charge in [-0.25, -0.2) is 4.98 Å². The first-order valence-electron chi connectivity index (χ1n) is 10.1. The molecule has 2 heterocycles. The fourth-order valence-corrected chi connectivity index (χ4v) is 3.09. The Morgan fingerprint density at radius 3 is 2.25 bits per heavy atom. The van der Waals surface area contributed by atoms with Gasteiger partial charge in [-0.2, -0.15) is 0 Å². The Morgan fingerprint density at radius 2 is 1.66 bits per heavy atom. The average Bonchev–Trinajstić information content (AvgIpc) is 3.14. The Labute approximate surface area is 185 Å². The lowest BCUT2D eigenvalue weighted by molar-refractivity contribution is -0.115. The molecule has 0 fully saturated rings. The minimum absolute atomic E-state index is 0.102. The number of methoxy groups -OCH3 is 1. The molecular formula is C24H23N5O3. The van der Waals surface area contributed by atoms with E-state index in [1.807, 2.05) is 48.7 Å². The molecule has 0 spiro atoms. The minimum atomic E-state index is -0.102. The summed E-state index contributed by atoms with van der Waals surface area (Å²) in [5.41, 5.74) is 3.55. The molecule has 32 heavy (non-hydrogen) atoms. The number of carbonyl (C=O) groups is 1. The van der Waals surface area contributed by atoms with E-state index in [9.17, 15) is 4.79 Å². The van der Waals surface area contributed by atoms with Crippen LogP contribution in [-0.2, 0) is 11.2 Å². The van der Waals surface area contributed by atoms with Crippen molar-refractivity contribution in [1.82, 2.24) is 19.7 Å². The Kier molecular flexibility index (Phi) is 6.12. The summed E-state index contributed by atoms with van der Waals surface area (Å²) in [5, 5.41) is 11.2. The van der Waals surface area contributed by atoms with Crippen molar-refractivity contribution < 1.29 is 14.3 Å². The van der Waals surface area contributed by atoms with E-state index >= 15 is 0 Å². The highest BCUT2D eigenvalue weighted by atomic mass is 16.5. The minimum Gasteiger partial charge on any atom is -0.497 e. The van der Waals surface area contributed by atoms with E-state index in [2.05, 4.69) is 20.5 Å². The lowest BCUT2D eigenvalue weighted by Gasteiger charge is -2.09. The van der Waals surface area contributed by atoms with Crippen LogP contribution in [0.15, 0.2) is 67.0 Å². The van der Waals surface area contributed by atoms with Crippen LogP contribution >= 0.6 is 0 Å². The fourth-order valence-electron chi connectivity index (χ4n) is 3.09. The smallest absolute Gasteiger partial charge is 0.238 e. The zero-order valence-corrected chi connectivity index (χ0v) is 18.1. The number of amides is 1. The molecule has 0 saturated carbocycles. The van der Waals surface area contributed by atoms with Gasteiger partial charge in [0.2, 0.25) is 11.8 Å². The largest absolute Gasteiger partial charge is 0.497 e. The molecular weight excluding hydrogens is 406 g/mol. The van der Waals surface area contributed by atoms with Gasteiger partial charge in [0.15, 0.2) is 5.82 Å². The van der Waals surface area contributed by atoms with Crippen LogP contribution in [-0.4, -0.2) is 32.8 Å². The lowest BCUT2D eigenvalue weighted by Crippen LogP contribution is -2.14. The van der Waals surface area contributed by atoms with Gasteiger partial charge in [-0.15, -0.1) is 10.2 Å². The molecule has 2 aromatic heterocycles. The maximum Gasteiger partial charge on any atom is 0.238 e. The zero-order chi connectivity index (χ0) is 22.5. The molecule has 8 nitrogen and oxygen atoms in total. The van der Waals surface area contributed by atoms with E-state index in [0.717, 1.165) is 22.7 Å². The summed E-state index contributed by atoms with van der Waals surface area (Å²) < 4.78 is 12.8. The monoisotopic (exact) mass is 429 g/mol. The van der Waals surface area contributed by atoms with Crippen molar-refractivity contribution in [2.24, 2.45) is 0 Å². The molecule has 162 valence electrons. The second kappa shape index (κ2) is 9.30. The van der Waals surface area contributed by atoms with Crippen molar-refractivity contribution >= 4 is 11.6 Å². The number of aryl methyl sites for hydroxylation is 1. The Balaban J connectivity index is 1.34. The Bertz CT molecular complexity index is 1200. The van der Waals surface area contributed by atoms with Gasteiger partial charge in [-0.05, 0) is 61.9 Å². The molecule has 0 radical (unpaired) electrons. The van der Waals surface area contributed by atoms with Gasteiger partial charge in [-0.3, -0.25) is 9.36 Å². The molecule has 0 unspecified atom stereocenters. The van der Waals surface area contributed by atoms with Gasteiger partial charge < -0.3 is 14.8 Å². The SMILES string of the molecule is COc1ccc(CC(=O)Nc2ccc(Oc3ccc(-n4cnc(C)c4C)nn3)cc2)cc1. The topological polar surface area (TPSA) is 91.2 Å². The number of rotatable bonds is 7. The molecule has 0 saturated heterocycles. The van der Waals surface area contributed by atoms with Crippen molar-refractivity contribution in [3.05, 3.63) is 83.9 Å². The van der Waals surface area contributed by atoms with E-state index in [1.54, 1.807) is 43.8 Å². The number of benzene rings is 2. The van der Waals surface area contributed by atoms with Gasteiger partial charge in [0.05, 0.1) is 19.2 Å². The van der Waals surface area contributed by atoms with Gasteiger partial charge in [0.1, 0.15) is 17.8 Å². The van der Waals surface area contributed by atoms with Crippen LogP contribution in [0.1, 0.15) is 17.0 Å². The highest BCUT2D eigenvalue weighted by Crippen LogP contribution is 2.22. The van der Waals surface area contributed by atoms with Gasteiger partial charge >= 0.3 is 0 Å². The number of hydrogen-bond donors (Lipinski definition) is 1. The molecule has 0 bridgehead atoms. The summed E-state index contributed by atoms with van der Waals surface area (Å²) in [5.74, 6) is 2.30. The highest BCUT2D eigenvalue weighted by Gasteiger charge is 2.08. The standard InChI is InChI=1S/C24H23N5O3/c1-16-17(2)29(15-25-16)22-12-13-24(28-27-22)32-21-10-6-19(7-11-21)26-23(30)14-18-4-8-20(31-3)9-5-18/h4-13,15H,14H2,1-3H3,(H,26,30). The Hall–Kier alpha value is -4.20. The van der Waals surface area contributed by atoms with E-state index in [0.29, 0.717) is 23.1 Å². The van der Waals surface area contributed by atoms with Crippen LogP contribution in [0.5, 0.6) is 17.4 Å². The summed E-state index contributed by atoms with van der Waals surface area (Å²) >= 11 is 0. The van der Waals surface area contributed by atoms with Crippen molar-refractivity contribution in [2.45, 2.75) is 20.3 Å². The summed E-state index contributed by atoms with van der Waals surface area (Å²) in [6, 6.07) is 18.1. The third-order valence-electron chi connectivity index (χ3n) is 5.01. The predicted molar refractivity (Wildman–Crippen MR) is 120 cm³/mol. The second-order valence-corrected chi connectivity index (χ2v) is 7.21. The number of imidazole rings is 1. The predicted octanol–water partition coefficient (Wildman–Crippen LogP) is 4.26. The Morgan fingerprint density at radius 1 is 0.938 bits per heavy atom. The summed E-state index contributed by atoms with van der Waals surface area (Å²) in [7, 11) is 1.61. The first-order chi connectivity index (χ1) is 15.5. The van der Waals surface area contributed by atoms with Crippen LogP contribution < -0.4 is 14.8 Å². The maximum atomic E-state index is 12.3. The highest BCUT2D eigenvalue weighted by molar-refractivity contribution is 5.92. The number of anilines is 1. The van der Waals surface area contributed by atoms with E-state index < -0.39 is 0 Å². The van der Waals surface area contributed by atoms with Gasteiger partial charge in [-0.1, -0.05) is 12.1 Å². The van der Waals surface area contributed by atoms with Crippen LogP contribution in [0.4, 0.5) is 5.69 Å². The van der Waals surface area contributed by atoms with Gasteiger partial charge in [0.25, 0.3) is 0 Å². The van der Waals surface area contributed by atoms with E-state index in [-0.39, 0.29) is 12.3 Å². The number of aromatic nitrogens is 4. The van der Waals surface area contributed by atoms with Crippen LogP contribution in [0.2, 0.25) is 0 Å². The van der Waals surface area contributed by atoms with E-state index in [4.69, 9.17) is 9.47 Å². The number of hydrogen-bond acceptors (Lipinski definition) is 6.